The number of hydrogen-bond acceptors (Lipinski definition) is 4. The van der Waals surface area contributed by atoms with Crippen molar-refractivity contribution in [1.29, 1.82) is 0 Å². The lowest BCUT2D eigenvalue weighted by Crippen LogP contribution is -2.12. The second-order valence-electron chi connectivity index (χ2n) is 4.86. The second kappa shape index (κ2) is 4.80. The maximum atomic E-state index is 5.78. The molecular weight excluding hydrogens is 240 g/mol. The van der Waals surface area contributed by atoms with E-state index in [9.17, 15) is 0 Å². The number of ether oxygens (including phenoxy) is 2. The molecule has 4 nitrogen and oxygen atoms in total. The molecule has 19 heavy (non-hydrogen) atoms. The minimum atomic E-state index is 0.396. The highest BCUT2D eigenvalue weighted by atomic mass is 16.5. The van der Waals surface area contributed by atoms with Gasteiger partial charge in [0.1, 0.15) is 5.82 Å². The Morgan fingerprint density at radius 3 is 2.58 bits per heavy atom. The third kappa shape index (κ3) is 2.47. The molecule has 0 saturated heterocycles. The van der Waals surface area contributed by atoms with E-state index >= 15 is 0 Å². The molecule has 0 radical (unpaired) electrons. The van der Waals surface area contributed by atoms with Gasteiger partial charge in [-0.05, 0) is 35.4 Å². The molecule has 0 fully saturated rings. The summed E-state index contributed by atoms with van der Waals surface area (Å²) in [4.78, 5) is 4.00. The molecule has 98 valence electrons. The Hall–Kier alpha value is -2.23. The van der Waals surface area contributed by atoms with Gasteiger partial charge in [0.25, 0.3) is 0 Å². The highest BCUT2D eigenvalue weighted by Crippen LogP contribution is 2.34. The van der Waals surface area contributed by atoms with Crippen molar-refractivity contribution in [2.45, 2.75) is 6.92 Å². The van der Waals surface area contributed by atoms with Crippen molar-refractivity contribution >= 4 is 5.82 Å². The number of benzene rings is 1. The highest BCUT2D eigenvalue weighted by molar-refractivity contribution is 5.68. The molecule has 0 aliphatic carbocycles. The lowest BCUT2D eigenvalue weighted by Gasteiger charge is -2.09. The number of nitrogens with two attached hydrogens (primary N) is 1. The number of hydrogen-bond donors (Lipinski definition) is 1. The van der Waals surface area contributed by atoms with Gasteiger partial charge in [-0.2, -0.15) is 0 Å². The molecule has 4 heteroatoms. The summed E-state index contributed by atoms with van der Waals surface area (Å²) in [6.45, 7) is 3.47. The van der Waals surface area contributed by atoms with Gasteiger partial charge in [-0.25, -0.2) is 4.98 Å². The maximum Gasteiger partial charge on any atom is 0.161 e. The standard InChI is InChI=1S/C15H16N2O2/c1-10-8-18-13-3-2-11(6-14(13)19-9-10)12-4-5-17-15(16)7-12/h2-7,10H,8-9H2,1H3,(H2,16,17). The van der Waals surface area contributed by atoms with Gasteiger partial charge in [-0.1, -0.05) is 13.0 Å². The zero-order valence-electron chi connectivity index (χ0n) is 10.8. The predicted molar refractivity (Wildman–Crippen MR) is 74.2 cm³/mol. The van der Waals surface area contributed by atoms with E-state index in [0.29, 0.717) is 24.9 Å². The Morgan fingerprint density at radius 1 is 1.05 bits per heavy atom. The van der Waals surface area contributed by atoms with Gasteiger partial charge in [0.05, 0.1) is 13.2 Å². The Bertz CT molecular complexity index is 598. The molecular formula is C15H16N2O2. The first-order valence-electron chi connectivity index (χ1n) is 6.34. The van der Waals surface area contributed by atoms with Crippen LogP contribution in [0.1, 0.15) is 6.92 Å². The number of anilines is 1. The zero-order valence-corrected chi connectivity index (χ0v) is 10.8. The highest BCUT2D eigenvalue weighted by Gasteiger charge is 2.15. The van der Waals surface area contributed by atoms with Crippen LogP contribution >= 0.6 is 0 Å². The molecule has 3 rings (SSSR count). The van der Waals surface area contributed by atoms with E-state index in [1.807, 2.05) is 30.3 Å². The summed E-state index contributed by atoms with van der Waals surface area (Å²) in [5, 5.41) is 0. The van der Waals surface area contributed by atoms with Crippen molar-refractivity contribution in [2.75, 3.05) is 18.9 Å². The average molecular weight is 256 g/mol. The molecule has 1 aliphatic rings. The largest absolute Gasteiger partial charge is 0.489 e. The molecule has 2 N–H and O–H groups in total. The lowest BCUT2D eigenvalue weighted by atomic mass is 10.1. The fraction of sp³-hybridized carbons (Fsp3) is 0.267. The molecule has 0 spiro atoms. The van der Waals surface area contributed by atoms with Crippen LogP contribution in [0, 0.1) is 5.92 Å². The fourth-order valence-corrected chi connectivity index (χ4v) is 2.06. The average Bonchev–Trinajstić information content (AvgIpc) is 2.61. The van der Waals surface area contributed by atoms with E-state index in [-0.39, 0.29) is 0 Å². The Morgan fingerprint density at radius 2 is 1.79 bits per heavy atom. The minimum absolute atomic E-state index is 0.396. The molecule has 1 aromatic carbocycles. The first-order valence-corrected chi connectivity index (χ1v) is 6.34. The molecule has 0 amide bonds. The number of pyridine rings is 1. The maximum absolute atomic E-state index is 5.78. The molecule has 1 aliphatic heterocycles. The van der Waals surface area contributed by atoms with Gasteiger partial charge in [0.15, 0.2) is 11.5 Å². The second-order valence-corrected chi connectivity index (χ2v) is 4.86. The van der Waals surface area contributed by atoms with Crippen LogP contribution in [-0.4, -0.2) is 18.2 Å². The van der Waals surface area contributed by atoms with Crippen molar-refractivity contribution in [1.82, 2.24) is 4.98 Å². The SMILES string of the molecule is CC1COc2ccc(-c3ccnc(N)c3)cc2OC1. The Balaban J connectivity index is 1.97. The van der Waals surface area contributed by atoms with Crippen LogP contribution in [-0.2, 0) is 0 Å². The van der Waals surface area contributed by atoms with E-state index in [0.717, 1.165) is 22.6 Å². The van der Waals surface area contributed by atoms with Gasteiger partial charge >= 0.3 is 0 Å². The summed E-state index contributed by atoms with van der Waals surface area (Å²) in [7, 11) is 0. The molecule has 1 aromatic heterocycles. The van der Waals surface area contributed by atoms with Crippen LogP contribution in [0.15, 0.2) is 36.5 Å². The summed E-state index contributed by atoms with van der Waals surface area (Å²) >= 11 is 0. The summed E-state index contributed by atoms with van der Waals surface area (Å²) in [6, 6.07) is 9.72. The van der Waals surface area contributed by atoms with Crippen molar-refractivity contribution in [3.8, 4) is 22.6 Å². The number of aromatic nitrogens is 1. The molecule has 0 saturated carbocycles. The van der Waals surface area contributed by atoms with Crippen LogP contribution in [0.3, 0.4) is 0 Å². The normalized spacial score (nSPS) is 17.8. The quantitative estimate of drug-likeness (QED) is 0.852. The summed E-state index contributed by atoms with van der Waals surface area (Å²) < 4.78 is 11.5. The third-order valence-corrected chi connectivity index (χ3v) is 3.10. The topological polar surface area (TPSA) is 57.4 Å². The number of nitrogen functional groups attached to an aromatic ring is 1. The van der Waals surface area contributed by atoms with Crippen molar-refractivity contribution in [3.05, 3.63) is 36.5 Å². The summed E-state index contributed by atoms with van der Waals surface area (Å²) in [6.07, 6.45) is 1.70. The van der Waals surface area contributed by atoms with Gasteiger partial charge < -0.3 is 15.2 Å². The van der Waals surface area contributed by atoms with Gasteiger partial charge in [0, 0.05) is 12.1 Å². The van der Waals surface area contributed by atoms with Crippen molar-refractivity contribution < 1.29 is 9.47 Å². The molecule has 2 heterocycles. The summed E-state index contributed by atoms with van der Waals surface area (Å²) in [5.41, 5.74) is 7.78. The summed E-state index contributed by atoms with van der Waals surface area (Å²) in [5.74, 6) is 2.50. The van der Waals surface area contributed by atoms with Crippen LogP contribution in [0.25, 0.3) is 11.1 Å². The lowest BCUT2D eigenvalue weighted by molar-refractivity contribution is 0.228. The van der Waals surface area contributed by atoms with E-state index in [2.05, 4.69) is 11.9 Å². The third-order valence-electron chi connectivity index (χ3n) is 3.10. The van der Waals surface area contributed by atoms with Crippen LogP contribution in [0.5, 0.6) is 11.5 Å². The van der Waals surface area contributed by atoms with Crippen molar-refractivity contribution in [2.24, 2.45) is 5.92 Å². The monoisotopic (exact) mass is 256 g/mol. The molecule has 2 aromatic rings. The number of rotatable bonds is 1. The van der Waals surface area contributed by atoms with E-state index in [1.54, 1.807) is 6.20 Å². The van der Waals surface area contributed by atoms with Gasteiger partial charge in [-0.3, -0.25) is 0 Å². The molecule has 1 unspecified atom stereocenters. The molecule has 1 atom stereocenters. The van der Waals surface area contributed by atoms with Crippen molar-refractivity contribution in [3.63, 3.8) is 0 Å². The van der Waals surface area contributed by atoms with E-state index in [1.165, 1.54) is 0 Å². The van der Waals surface area contributed by atoms with E-state index < -0.39 is 0 Å². The van der Waals surface area contributed by atoms with E-state index in [4.69, 9.17) is 15.2 Å². The number of fused-ring (bicyclic) bond motifs is 1. The Kier molecular flexibility index (Phi) is 2.99. The van der Waals surface area contributed by atoms with Gasteiger partial charge in [0.2, 0.25) is 0 Å². The first-order chi connectivity index (χ1) is 9.22. The van der Waals surface area contributed by atoms with Gasteiger partial charge in [-0.15, -0.1) is 0 Å². The predicted octanol–water partition coefficient (Wildman–Crippen LogP) is 2.74. The van der Waals surface area contributed by atoms with Crippen LogP contribution in [0.4, 0.5) is 5.82 Å². The van der Waals surface area contributed by atoms with Crippen LogP contribution < -0.4 is 15.2 Å². The van der Waals surface area contributed by atoms with Crippen LogP contribution in [0.2, 0.25) is 0 Å². The first kappa shape index (κ1) is 11.8. The number of nitrogens with zero attached hydrogens (tertiary/aromatic N) is 1. The zero-order chi connectivity index (χ0) is 13.2. The Labute approximate surface area is 112 Å². The minimum Gasteiger partial charge on any atom is -0.489 e. The smallest absolute Gasteiger partial charge is 0.161 e. The fourth-order valence-electron chi connectivity index (χ4n) is 2.06. The molecule has 0 bridgehead atoms.